The van der Waals surface area contributed by atoms with Gasteiger partial charge >= 0.3 is 0 Å². The number of ether oxygens (including phenoxy) is 1. The summed E-state index contributed by atoms with van der Waals surface area (Å²) in [6.07, 6.45) is 0.00640. The maximum Gasteiger partial charge on any atom is 0.252 e. The lowest BCUT2D eigenvalue weighted by Crippen LogP contribution is -2.43. The van der Waals surface area contributed by atoms with E-state index in [1.807, 2.05) is 0 Å². The van der Waals surface area contributed by atoms with Crippen molar-refractivity contribution < 1.29 is 9.53 Å². The third kappa shape index (κ3) is 4.07. The first-order valence-electron chi connectivity index (χ1n) is 5.61. The summed E-state index contributed by atoms with van der Waals surface area (Å²) < 4.78 is 6.03. The number of hydrogen-bond donors (Lipinski definition) is 2. The number of nitrogens with one attached hydrogen (secondary N) is 2. The Labute approximate surface area is 131 Å². The number of carbonyl (C=O) groups is 1. The second-order valence-corrected chi connectivity index (χ2v) is 5.43. The molecule has 0 saturated carbocycles. The molecule has 0 aromatic heterocycles. The van der Waals surface area contributed by atoms with Crippen LogP contribution in [0.1, 0.15) is 10.4 Å². The van der Waals surface area contributed by atoms with E-state index in [4.69, 9.17) is 16.3 Å². The van der Waals surface area contributed by atoms with Gasteiger partial charge in [0.1, 0.15) is 0 Å². The van der Waals surface area contributed by atoms with Crippen LogP contribution in [0.5, 0.6) is 0 Å². The van der Waals surface area contributed by atoms with Crippen molar-refractivity contribution in [2.75, 3.05) is 20.2 Å². The molecule has 1 amide bonds. The topological polar surface area (TPSA) is 50.4 Å². The van der Waals surface area contributed by atoms with E-state index in [0.29, 0.717) is 17.1 Å². The van der Waals surface area contributed by atoms with Crippen LogP contribution >= 0.6 is 39.9 Å². The van der Waals surface area contributed by atoms with Crippen LogP contribution in [0.25, 0.3) is 0 Å². The molecule has 1 fully saturated rings. The number of amides is 1. The molecule has 0 radical (unpaired) electrons. The van der Waals surface area contributed by atoms with Crippen LogP contribution < -0.4 is 10.6 Å². The summed E-state index contributed by atoms with van der Waals surface area (Å²) in [7, 11) is 1.64. The Morgan fingerprint density at radius 2 is 2.26 bits per heavy atom. The lowest BCUT2D eigenvalue weighted by Gasteiger charge is -2.19. The molecule has 1 unspecified atom stereocenters. The zero-order valence-corrected chi connectivity index (χ0v) is 13.4. The predicted octanol–water partition coefficient (Wildman–Crippen LogP) is 2.24. The third-order valence-corrected chi connectivity index (χ3v) is 3.88. The van der Waals surface area contributed by atoms with Gasteiger partial charge in [-0.15, -0.1) is 12.4 Å². The average Bonchev–Trinajstić information content (AvgIpc) is 2.79. The van der Waals surface area contributed by atoms with Crippen LogP contribution in [0.2, 0.25) is 5.02 Å². The molecule has 1 heterocycles. The first-order chi connectivity index (χ1) is 8.61. The molecular weight excluding hydrogens is 355 g/mol. The second kappa shape index (κ2) is 7.45. The molecule has 7 heteroatoms. The highest BCUT2D eigenvalue weighted by atomic mass is 79.9. The number of rotatable bonds is 3. The number of methoxy groups -OCH3 is 1. The minimum Gasteiger partial charge on any atom is -0.378 e. The van der Waals surface area contributed by atoms with E-state index in [0.717, 1.165) is 11.0 Å². The fourth-order valence-electron chi connectivity index (χ4n) is 1.96. The minimum atomic E-state index is -0.153. The Morgan fingerprint density at radius 3 is 2.95 bits per heavy atom. The summed E-state index contributed by atoms with van der Waals surface area (Å²) in [5, 5.41) is 6.67. The van der Waals surface area contributed by atoms with Crippen molar-refractivity contribution in [2.45, 2.75) is 12.1 Å². The maximum absolute atomic E-state index is 12.2. The van der Waals surface area contributed by atoms with Crippen molar-refractivity contribution in [1.82, 2.24) is 10.6 Å². The summed E-state index contributed by atoms with van der Waals surface area (Å²) >= 11 is 9.24. The van der Waals surface area contributed by atoms with Gasteiger partial charge in [-0.25, -0.2) is 0 Å². The molecule has 2 atom stereocenters. The largest absolute Gasteiger partial charge is 0.378 e. The third-order valence-electron chi connectivity index (χ3n) is 2.95. The van der Waals surface area contributed by atoms with Crippen molar-refractivity contribution in [2.24, 2.45) is 0 Å². The number of halogens is 3. The molecular formula is C12H15BrCl2N2O2. The van der Waals surface area contributed by atoms with Crippen molar-refractivity contribution >= 4 is 45.8 Å². The van der Waals surface area contributed by atoms with Gasteiger partial charge in [0.25, 0.3) is 5.91 Å². The van der Waals surface area contributed by atoms with E-state index in [1.54, 1.807) is 25.3 Å². The first-order valence-corrected chi connectivity index (χ1v) is 6.78. The Kier molecular flexibility index (Phi) is 6.56. The molecule has 1 aliphatic rings. The van der Waals surface area contributed by atoms with Crippen LogP contribution in [-0.2, 0) is 4.74 Å². The molecule has 1 saturated heterocycles. The molecule has 19 heavy (non-hydrogen) atoms. The van der Waals surface area contributed by atoms with Crippen LogP contribution in [0.15, 0.2) is 22.7 Å². The first kappa shape index (κ1) is 16.7. The predicted molar refractivity (Wildman–Crippen MR) is 81.3 cm³/mol. The lowest BCUT2D eigenvalue weighted by atomic mass is 10.1. The van der Waals surface area contributed by atoms with Gasteiger partial charge in [-0.3, -0.25) is 4.79 Å². The summed E-state index contributed by atoms with van der Waals surface area (Å²) in [6.45, 7) is 1.46. The standard InChI is InChI=1S/C12H14BrClN2O2.ClH/c1-18-11-6-15-5-10(11)16-12(17)8-4-7(14)2-3-9(8)13;/h2-4,10-11,15H,5-6H2,1H3,(H,16,17);1H/t10?,11-;/m0./s1. The van der Waals surface area contributed by atoms with Gasteiger partial charge in [-0.2, -0.15) is 0 Å². The van der Waals surface area contributed by atoms with E-state index < -0.39 is 0 Å². The molecule has 106 valence electrons. The van der Waals surface area contributed by atoms with Gasteiger partial charge in [0.15, 0.2) is 0 Å². The van der Waals surface area contributed by atoms with Crippen LogP contribution in [0.3, 0.4) is 0 Å². The normalized spacial score (nSPS) is 21.8. The number of carbonyl (C=O) groups excluding carboxylic acids is 1. The van der Waals surface area contributed by atoms with Crippen molar-refractivity contribution in [3.63, 3.8) is 0 Å². The summed E-state index contributed by atoms with van der Waals surface area (Å²) in [5.74, 6) is -0.153. The van der Waals surface area contributed by atoms with E-state index in [-0.39, 0.29) is 30.5 Å². The molecule has 4 nitrogen and oxygen atoms in total. The monoisotopic (exact) mass is 368 g/mol. The second-order valence-electron chi connectivity index (χ2n) is 4.14. The zero-order chi connectivity index (χ0) is 13.1. The van der Waals surface area contributed by atoms with Crippen LogP contribution in [0, 0.1) is 0 Å². The smallest absolute Gasteiger partial charge is 0.252 e. The molecule has 0 bridgehead atoms. The van der Waals surface area contributed by atoms with Gasteiger partial charge in [-0.1, -0.05) is 11.6 Å². The lowest BCUT2D eigenvalue weighted by molar-refractivity contribution is 0.0779. The maximum atomic E-state index is 12.2. The molecule has 2 rings (SSSR count). The van der Waals surface area contributed by atoms with Crippen LogP contribution in [0.4, 0.5) is 0 Å². The number of benzene rings is 1. The van der Waals surface area contributed by atoms with Gasteiger partial charge in [-0.05, 0) is 34.1 Å². The summed E-state index contributed by atoms with van der Waals surface area (Å²) in [4.78, 5) is 12.2. The fourth-order valence-corrected chi connectivity index (χ4v) is 2.56. The minimum absolute atomic E-state index is 0. The summed E-state index contributed by atoms with van der Waals surface area (Å²) in [5.41, 5.74) is 0.532. The fraction of sp³-hybridized carbons (Fsp3) is 0.417. The van der Waals surface area contributed by atoms with Crippen molar-refractivity contribution in [3.8, 4) is 0 Å². The number of hydrogen-bond acceptors (Lipinski definition) is 3. The SMILES string of the molecule is CO[C@H]1CNCC1NC(=O)c1cc(Cl)ccc1Br.Cl. The molecule has 0 spiro atoms. The summed E-state index contributed by atoms with van der Waals surface area (Å²) in [6, 6.07) is 5.12. The Morgan fingerprint density at radius 1 is 1.53 bits per heavy atom. The highest BCUT2D eigenvalue weighted by Gasteiger charge is 2.28. The van der Waals surface area contributed by atoms with Gasteiger partial charge in [0.05, 0.1) is 17.7 Å². The van der Waals surface area contributed by atoms with E-state index in [1.165, 1.54) is 0 Å². The van der Waals surface area contributed by atoms with Crippen molar-refractivity contribution in [1.29, 1.82) is 0 Å². The van der Waals surface area contributed by atoms with E-state index in [9.17, 15) is 4.79 Å². The van der Waals surface area contributed by atoms with E-state index >= 15 is 0 Å². The Hall–Kier alpha value is -0.330. The molecule has 1 aromatic carbocycles. The van der Waals surface area contributed by atoms with Gasteiger partial charge in [0.2, 0.25) is 0 Å². The zero-order valence-electron chi connectivity index (χ0n) is 10.3. The molecule has 1 aromatic rings. The Bertz CT molecular complexity index is 459. The quantitative estimate of drug-likeness (QED) is 0.859. The van der Waals surface area contributed by atoms with Crippen LogP contribution in [-0.4, -0.2) is 38.3 Å². The molecule has 0 aliphatic carbocycles. The molecule has 1 aliphatic heterocycles. The molecule has 2 N–H and O–H groups in total. The van der Waals surface area contributed by atoms with Gasteiger partial charge in [0, 0.05) is 29.7 Å². The average molecular weight is 370 g/mol. The highest BCUT2D eigenvalue weighted by molar-refractivity contribution is 9.10. The van der Waals surface area contributed by atoms with E-state index in [2.05, 4.69) is 26.6 Å². The van der Waals surface area contributed by atoms with Crippen molar-refractivity contribution in [3.05, 3.63) is 33.3 Å². The highest BCUT2D eigenvalue weighted by Crippen LogP contribution is 2.21. The van der Waals surface area contributed by atoms with Gasteiger partial charge < -0.3 is 15.4 Å². The Balaban J connectivity index is 0.00000180.